The zero-order valence-corrected chi connectivity index (χ0v) is 9.40. The number of aliphatic carboxylic acids is 1. The molecule has 0 aliphatic heterocycles. The summed E-state index contributed by atoms with van der Waals surface area (Å²) in [5.41, 5.74) is -1.03. The SMILES string of the molecule is CCC(C(=O)O)C1(O)CCC(OC)CC1. The molecule has 0 aromatic heterocycles. The topological polar surface area (TPSA) is 66.8 Å². The third-order valence-corrected chi connectivity index (χ3v) is 3.49. The predicted molar refractivity (Wildman–Crippen MR) is 55.6 cm³/mol. The molecule has 15 heavy (non-hydrogen) atoms. The molecular formula is C11H20O4. The Balaban J connectivity index is 2.63. The monoisotopic (exact) mass is 216 g/mol. The zero-order chi connectivity index (χ0) is 11.5. The number of ether oxygens (including phenoxy) is 1. The molecule has 4 nitrogen and oxygen atoms in total. The first-order chi connectivity index (χ1) is 7.03. The second-order valence-corrected chi connectivity index (χ2v) is 4.34. The highest BCUT2D eigenvalue weighted by Crippen LogP contribution is 2.37. The smallest absolute Gasteiger partial charge is 0.309 e. The molecule has 0 saturated heterocycles. The third kappa shape index (κ3) is 2.69. The maximum absolute atomic E-state index is 11.0. The van der Waals surface area contributed by atoms with Crippen LogP contribution in [0.1, 0.15) is 39.0 Å². The van der Waals surface area contributed by atoms with Gasteiger partial charge in [0.15, 0.2) is 0 Å². The number of carboxylic acids is 1. The predicted octanol–water partition coefficient (Wildman–Crippen LogP) is 1.42. The normalized spacial score (nSPS) is 33.7. The molecular weight excluding hydrogens is 196 g/mol. The van der Waals surface area contributed by atoms with Crippen molar-refractivity contribution in [1.82, 2.24) is 0 Å². The van der Waals surface area contributed by atoms with Crippen molar-refractivity contribution in [3.05, 3.63) is 0 Å². The fourth-order valence-electron chi connectivity index (χ4n) is 2.46. The van der Waals surface area contributed by atoms with Gasteiger partial charge in [-0.1, -0.05) is 6.92 Å². The van der Waals surface area contributed by atoms with Gasteiger partial charge in [-0.25, -0.2) is 0 Å². The largest absolute Gasteiger partial charge is 0.481 e. The number of hydrogen-bond acceptors (Lipinski definition) is 3. The van der Waals surface area contributed by atoms with Crippen molar-refractivity contribution in [3.63, 3.8) is 0 Å². The van der Waals surface area contributed by atoms with Crippen molar-refractivity contribution in [2.45, 2.75) is 50.7 Å². The Labute approximate surface area is 90.2 Å². The standard InChI is InChI=1S/C11H20O4/c1-3-9(10(12)13)11(14)6-4-8(15-2)5-7-11/h8-9,14H,3-7H2,1-2H3,(H,12,13). The number of rotatable bonds is 4. The van der Waals surface area contributed by atoms with Crippen LogP contribution in [-0.4, -0.2) is 35.0 Å². The Morgan fingerprint density at radius 1 is 1.53 bits per heavy atom. The highest BCUT2D eigenvalue weighted by atomic mass is 16.5. The molecule has 2 N–H and O–H groups in total. The van der Waals surface area contributed by atoms with Crippen LogP contribution in [0.2, 0.25) is 0 Å². The van der Waals surface area contributed by atoms with Crippen LogP contribution in [0.15, 0.2) is 0 Å². The molecule has 1 aliphatic carbocycles. The molecule has 1 saturated carbocycles. The molecule has 1 fully saturated rings. The molecule has 0 aromatic rings. The van der Waals surface area contributed by atoms with Crippen LogP contribution in [0.4, 0.5) is 0 Å². The molecule has 88 valence electrons. The Morgan fingerprint density at radius 2 is 2.07 bits per heavy atom. The summed E-state index contributed by atoms with van der Waals surface area (Å²) in [5, 5.41) is 19.3. The highest BCUT2D eigenvalue weighted by Gasteiger charge is 2.42. The maximum Gasteiger partial charge on any atom is 0.309 e. The average Bonchev–Trinajstić information content (AvgIpc) is 2.19. The van der Waals surface area contributed by atoms with E-state index in [2.05, 4.69) is 0 Å². The van der Waals surface area contributed by atoms with Gasteiger partial charge in [-0.2, -0.15) is 0 Å². The molecule has 0 bridgehead atoms. The van der Waals surface area contributed by atoms with Crippen LogP contribution >= 0.6 is 0 Å². The van der Waals surface area contributed by atoms with E-state index >= 15 is 0 Å². The average molecular weight is 216 g/mol. The molecule has 1 unspecified atom stereocenters. The van der Waals surface area contributed by atoms with E-state index < -0.39 is 17.5 Å². The van der Waals surface area contributed by atoms with E-state index in [9.17, 15) is 9.90 Å². The van der Waals surface area contributed by atoms with Gasteiger partial charge in [-0.15, -0.1) is 0 Å². The summed E-state index contributed by atoms with van der Waals surface area (Å²) < 4.78 is 5.20. The molecule has 1 rings (SSSR count). The van der Waals surface area contributed by atoms with Gasteiger partial charge in [0.2, 0.25) is 0 Å². The van der Waals surface area contributed by atoms with Gasteiger partial charge in [0.05, 0.1) is 17.6 Å². The van der Waals surface area contributed by atoms with Gasteiger partial charge in [-0.3, -0.25) is 4.79 Å². The van der Waals surface area contributed by atoms with E-state index in [0.717, 1.165) is 12.8 Å². The van der Waals surface area contributed by atoms with E-state index in [-0.39, 0.29) is 6.10 Å². The molecule has 0 aromatic carbocycles. The summed E-state index contributed by atoms with van der Waals surface area (Å²) in [7, 11) is 1.66. The molecule has 0 radical (unpaired) electrons. The van der Waals surface area contributed by atoms with Crippen LogP contribution < -0.4 is 0 Å². The van der Waals surface area contributed by atoms with Crippen molar-refractivity contribution in [2.24, 2.45) is 5.92 Å². The number of aliphatic hydroxyl groups is 1. The van der Waals surface area contributed by atoms with Crippen LogP contribution in [0.25, 0.3) is 0 Å². The van der Waals surface area contributed by atoms with Gasteiger partial charge < -0.3 is 14.9 Å². The summed E-state index contributed by atoms with van der Waals surface area (Å²) in [6.45, 7) is 1.80. The molecule has 0 amide bonds. The number of hydrogen-bond donors (Lipinski definition) is 2. The fourth-order valence-corrected chi connectivity index (χ4v) is 2.46. The van der Waals surface area contributed by atoms with E-state index in [0.29, 0.717) is 19.3 Å². The van der Waals surface area contributed by atoms with E-state index in [1.54, 1.807) is 14.0 Å². The summed E-state index contributed by atoms with van der Waals surface area (Å²) in [5.74, 6) is -1.54. The van der Waals surface area contributed by atoms with E-state index in [1.807, 2.05) is 0 Å². The Kier molecular flexibility index (Phi) is 4.11. The van der Waals surface area contributed by atoms with Gasteiger partial charge in [0, 0.05) is 7.11 Å². The lowest BCUT2D eigenvalue weighted by molar-refractivity contribution is -0.157. The first-order valence-electron chi connectivity index (χ1n) is 5.51. The Hall–Kier alpha value is -0.610. The minimum Gasteiger partial charge on any atom is -0.481 e. The van der Waals surface area contributed by atoms with Crippen LogP contribution in [0, 0.1) is 5.92 Å². The highest BCUT2D eigenvalue weighted by molar-refractivity contribution is 5.71. The van der Waals surface area contributed by atoms with Crippen molar-refractivity contribution in [3.8, 4) is 0 Å². The second kappa shape index (κ2) is 4.94. The third-order valence-electron chi connectivity index (χ3n) is 3.49. The minimum atomic E-state index is -1.03. The quantitative estimate of drug-likeness (QED) is 0.745. The Morgan fingerprint density at radius 3 is 2.40 bits per heavy atom. The summed E-state index contributed by atoms with van der Waals surface area (Å²) in [4.78, 5) is 11.0. The number of methoxy groups -OCH3 is 1. The summed E-state index contributed by atoms with van der Waals surface area (Å²) >= 11 is 0. The van der Waals surface area contributed by atoms with Crippen LogP contribution in [0.3, 0.4) is 0 Å². The molecule has 0 spiro atoms. The first kappa shape index (κ1) is 12.5. The summed E-state index contributed by atoms with van der Waals surface area (Å²) in [6.07, 6.45) is 3.19. The minimum absolute atomic E-state index is 0.177. The van der Waals surface area contributed by atoms with Gasteiger partial charge in [0.1, 0.15) is 0 Å². The summed E-state index contributed by atoms with van der Waals surface area (Å²) in [6, 6.07) is 0. The van der Waals surface area contributed by atoms with Crippen LogP contribution in [-0.2, 0) is 9.53 Å². The lowest BCUT2D eigenvalue weighted by Gasteiger charge is -2.39. The molecule has 1 aliphatic rings. The molecule has 0 heterocycles. The van der Waals surface area contributed by atoms with Crippen LogP contribution in [0.5, 0.6) is 0 Å². The van der Waals surface area contributed by atoms with Crippen molar-refractivity contribution in [2.75, 3.05) is 7.11 Å². The number of carboxylic acid groups (broad SMARTS) is 1. The van der Waals surface area contributed by atoms with E-state index in [4.69, 9.17) is 9.84 Å². The first-order valence-corrected chi connectivity index (χ1v) is 5.51. The number of carbonyl (C=O) groups is 1. The van der Waals surface area contributed by atoms with Gasteiger partial charge >= 0.3 is 5.97 Å². The fraction of sp³-hybridized carbons (Fsp3) is 0.909. The van der Waals surface area contributed by atoms with Gasteiger partial charge in [0.25, 0.3) is 0 Å². The molecule has 1 atom stereocenters. The van der Waals surface area contributed by atoms with Crippen molar-refractivity contribution < 1.29 is 19.7 Å². The van der Waals surface area contributed by atoms with Gasteiger partial charge in [-0.05, 0) is 32.1 Å². The van der Waals surface area contributed by atoms with Crippen molar-refractivity contribution >= 4 is 5.97 Å². The maximum atomic E-state index is 11.0. The molecule has 4 heteroatoms. The van der Waals surface area contributed by atoms with E-state index in [1.165, 1.54) is 0 Å². The Bertz CT molecular complexity index is 219. The lowest BCUT2D eigenvalue weighted by Crippen LogP contribution is -2.46. The lowest BCUT2D eigenvalue weighted by atomic mass is 9.74. The van der Waals surface area contributed by atoms with Crippen molar-refractivity contribution in [1.29, 1.82) is 0 Å². The second-order valence-electron chi connectivity index (χ2n) is 4.34. The zero-order valence-electron chi connectivity index (χ0n) is 9.40.